The Bertz CT molecular complexity index is 1840. The van der Waals surface area contributed by atoms with Crippen molar-refractivity contribution in [2.45, 2.75) is 122 Å². The summed E-state index contributed by atoms with van der Waals surface area (Å²) in [6, 6.07) is 0. The van der Waals surface area contributed by atoms with Crippen LogP contribution in [0.25, 0.3) is 33.5 Å². The van der Waals surface area contributed by atoms with E-state index in [0.717, 1.165) is 63.5 Å². The molecule has 288 valence electrons. The van der Waals surface area contributed by atoms with E-state index in [2.05, 4.69) is 112 Å². The molecule has 6 rings (SSSR count). The molecule has 14 nitrogen and oxygen atoms in total. The zero-order chi connectivity index (χ0) is 40.0. The van der Waals surface area contributed by atoms with Crippen molar-refractivity contribution in [3.05, 3.63) is 43.0 Å². The van der Waals surface area contributed by atoms with E-state index in [1.807, 2.05) is 76.4 Å². The first-order valence-corrected chi connectivity index (χ1v) is 18.3. The Hall–Kier alpha value is -4.75. The maximum Gasteiger partial charge on any atom is 0.222 e. The molecule has 6 heterocycles. The summed E-state index contributed by atoms with van der Waals surface area (Å²) >= 11 is 0. The Kier molecular flexibility index (Phi) is 17.2. The second kappa shape index (κ2) is 19.7. The molecule has 0 atom stereocenters. The molecule has 0 aliphatic heterocycles. The van der Waals surface area contributed by atoms with Crippen LogP contribution < -0.4 is 11.1 Å². The average Bonchev–Trinajstić information content (AvgIpc) is 3.76. The van der Waals surface area contributed by atoms with Gasteiger partial charge >= 0.3 is 0 Å². The first-order chi connectivity index (χ1) is 24.3. The van der Waals surface area contributed by atoms with Crippen LogP contribution in [0, 0.1) is 10.8 Å². The highest BCUT2D eigenvalue weighted by molar-refractivity contribution is 5.82. The third-order valence-corrected chi connectivity index (χ3v) is 6.61. The van der Waals surface area contributed by atoms with Crippen LogP contribution >= 0.6 is 0 Å². The highest BCUT2D eigenvalue weighted by Gasteiger charge is 2.19. The monoisotopic (exact) mass is 719 g/mol. The zero-order valence-electron chi connectivity index (χ0n) is 35.2. The third kappa shape index (κ3) is 13.4. The number of nitrogens with one attached hydrogen (secondary N) is 1. The Balaban J connectivity index is 0.000000363. The van der Waals surface area contributed by atoms with E-state index in [1.165, 1.54) is 0 Å². The van der Waals surface area contributed by atoms with Crippen LogP contribution in [0.15, 0.2) is 31.6 Å². The van der Waals surface area contributed by atoms with E-state index in [0.29, 0.717) is 5.95 Å². The van der Waals surface area contributed by atoms with Gasteiger partial charge < -0.3 is 24.8 Å². The van der Waals surface area contributed by atoms with Crippen LogP contribution in [0.4, 0.5) is 11.8 Å². The molecule has 6 aromatic heterocycles. The van der Waals surface area contributed by atoms with Gasteiger partial charge in [0, 0.05) is 26.7 Å². The van der Waals surface area contributed by atoms with E-state index in [9.17, 15) is 0 Å². The predicted octanol–water partition coefficient (Wildman–Crippen LogP) is 8.14. The van der Waals surface area contributed by atoms with Gasteiger partial charge in [0.2, 0.25) is 5.95 Å². The smallest absolute Gasteiger partial charge is 0.222 e. The quantitative estimate of drug-likeness (QED) is 0.181. The molecule has 0 aliphatic rings. The number of anilines is 2. The lowest BCUT2D eigenvalue weighted by Crippen LogP contribution is -2.26. The van der Waals surface area contributed by atoms with Crippen molar-refractivity contribution in [3.8, 4) is 0 Å². The van der Waals surface area contributed by atoms with Crippen molar-refractivity contribution in [1.29, 1.82) is 0 Å². The molecular formula is C38H66N14. The zero-order valence-corrected chi connectivity index (χ0v) is 35.2. The minimum atomic E-state index is -0.0290. The lowest BCUT2D eigenvalue weighted by atomic mass is 9.90. The van der Waals surface area contributed by atoms with Crippen LogP contribution in [0.5, 0.6) is 0 Å². The van der Waals surface area contributed by atoms with Crippen molar-refractivity contribution in [1.82, 2.24) is 58.6 Å². The molecule has 6 aromatic rings. The van der Waals surface area contributed by atoms with Crippen LogP contribution in [-0.4, -0.2) is 64.1 Å². The lowest BCUT2D eigenvalue weighted by Gasteiger charge is -2.21. The fourth-order valence-corrected chi connectivity index (χ4v) is 4.73. The van der Waals surface area contributed by atoms with Gasteiger partial charge in [-0.25, -0.2) is 39.9 Å². The van der Waals surface area contributed by atoms with Gasteiger partial charge in [-0.15, -0.1) is 0 Å². The fraction of sp³-hybridized carbons (Fsp3) is 0.605. The molecule has 0 aliphatic carbocycles. The summed E-state index contributed by atoms with van der Waals surface area (Å²) in [6.45, 7) is 31.4. The molecule has 0 bridgehead atoms. The van der Waals surface area contributed by atoms with Crippen molar-refractivity contribution in [3.63, 3.8) is 0 Å². The van der Waals surface area contributed by atoms with E-state index in [1.54, 1.807) is 31.6 Å². The third-order valence-electron chi connectivity index (χ3n) is 6.61. The summed E-state index contributed by atoms with van der Waals surface area (Å²) in [6.07, 6.45) is 10.2. The SMILES string of the molecule is CC.CC.CC.Cn1cnc2c(CC(C)(C)C)nc(N)nc21.Cn1cnc2c(CC(C)(C)C)ncnc21.Cn1cnc2c(NC(C)(C)C)ncnc21. The summed E-state index contributed by atoms with van der Waals surface area (Å²) in [4.78, 5) is 38.4. The standard InChI is InChI=1S/C11H17N5.C11H16N4.C10H15N5.3C2H6/c1-11(2,3)5-7-8-9(15-10(12)14-7)16(4)6-13-8;1-11(2,3)5-8-9-10(13-6-12-8)15(4)7-14-9;1-10(2,3)14-8-7-9(12-5-11-8)15(4)6-13-7;3*1-2/h6H,5H2,1-4H3,(H2,12,14,15);6-7H,5H2,1-4H3;5-6H,1-4H3,(H,11,12,14);3*1-2H3. The second-order valence-electron chi connectivity index (χ2n) is 15.0. The Labute approximate surface area is 311 Å². The molecule has 0 aromatic carbocycles. The van der Waals surface area contributed by atoms with Gasteiger partial charge in [0.1, 0.15) is 29.2 Å². The molecular weight excluding hydrogens is 653 g/mol. The highest BCUT2D eigenvalue weighted by atomic mass is 15.2. The highest BCUT2D eigenvalue weighted by Crippen LogP contribution is 2.25. The molecule has 0 saturated carbocycles. The molecule has 0 fully saturated rings. The van der Waals surface area contributed by atoms with Crippen LogP contribution in [-0.2, 0) is 34.0 Å². The molecule has 52 heavy (non-hydrogen) atoms. The average molecular weight is 719 g/mol. The van der Waals surface area contributed by atoms with Crippen LogP contribution in [0.1, 0.15) is 115 Å². The van der Waals surface area contributed by atoms with Gasteiger partial charge in [0.15, 0.2) is 22.8 Å². The molecule has 0 amide bonds. The number of rotatable bonds is 3. The molecule has 14 heteroatoms. The van der Waals surface area contributed by atoms with Crippen molar-refractivity contribution >= 4 is 45.3 Å². The fourth-order valence-electron chi connectivity index (χ4n) is 4.73. The largest absolute Gasteiger partial charge is 0.368 e. The van der Waals surface area contributed by atoms with E-state index in [4.69, 9.17) is 5.73 Å². The normalized spacial score (nSPS) is 11.1. The second-order valence-corrected chi connectivity index (χ2v) is 15.0. The summed E-state index contributed by atoms with van der Waals surface area (Å²) in [5.41, 5.74) is 13.2. The van der Waals surface area contributed by atoms with E-state index in [-0.39, 0.29) is 16.4 Å². The van der Waals surface area contributed by atoms with Crippen molar-refractivity contribution in [2.75, 3.05) is 11.1 Å². The number of aryl methyl sites for hydroxylation is 3. The number of nitrogens with two attached hydrogens (primary N) is 1. The van der Waals surface area contributed by atoms with Gasteiger partial charge in [-0.1, -0.05) is 83.1 Å². The number of hydrogen-bond donors (Lipinski definition) is 2. The molecule has 3 N–H and O–H groups in total. The first kappa shape index (κ1) is 45.3. The number of fused-ring (bicyclic) bond motifs is 3. The molecule has 0 saturated heterocycles. The van der Waals surface area contributed by atoms with Crippen molar-refractivity contribution < 1.29 is 0 Å². The minimum Gasteiger partial charge on any atom is -0.368 e. The Morgan fingerprint density at radius 1 is 0.519 bits per heavy atom. The lowest BCUT2D eigenvalue weighted by molar-refractivity contribution is 0.407. The van der Waals surface area contributed by atoms with Crippen LogP contribution in [0.3, 0.4) is 0 Å². The van der Waals surface area contributed by atoms with Gasteiger partial charge in [0.25, 0.3) is 0 Å². The van der Waals surface area contributed by atoms with Gasteiger partial charge in [-0.2, -0.15) is 4.98 Å². The Morgan fingerprint density at radius 3 is 1.40 bits per heavy atom. The van der Waals surface area contributed by atoms with Gasteiger partial charge in [0.05, 0.1) is 30.4 Å². The summed E-state index contributed by atoms with van der Waals surface area (Å²) in [7, 11) is 5.77. The molecule has 0 spiro atoms. The number of imidazole rings is 3. The van der Waals surface area contributed by atoms with Gasteiger partial charge in [-0.3, -0.25) is 0 Å². The maximum atomic E-state index is 5.71. The summed E-state index contributed by atoms with van der Waals surface area (Å²) < 4.78 is 5.66. The summed E-state index contributed by atoms with van der Waals surface area (Å²) in [5.74, 6) is 1.10. The topological polar surface area (TPSA) is 169 Å². The molecule has 0 radical (unpaired) electrons. The van der Waals surface area contributed by atoms with E-state index < -0.39 is 0 Å². The Morgan fingerprint density at radius 2 is 0.923 bits per heavy atom. The molecule has 0 unspecified atom stereocenters. The number of nitrogens with zero attached hydrogens (tertiary/aromatic N) is 12. The van der Waals surface area contributed by atoms with Crippen molar-refractivity contribution in [2.24, 2.45) is 32.0 Å². The van der Waals surface area contributed by atoms with Gasteiger partial charge in [-0.05, 0) is 44.4 Å². The number of aromatic nitrogens is 12. The maximum absolute atomic E-state index is 5.71. The number of hydrogen-bond acceptors (Lipinski definition) is 11. The van der Waals surface area contributed by atoms with E-state index >= 15 is 0 Å². The predicted molar refractivity (Wildman–Crippen MR) is 217 cm³/mol. The minimum absolute atomic E-state index is 0.0290. The first-order valence-electron chi connectivity index (χ1n) is 18.3. The summed E-state index contributed by atoms with van der Waals surface area (Å²) in [5, 5.41) is 3.31. The van der Waals surface area contributed by atoms with Crippen LogP contribution in [0.2, 0.25) is 0 Å². The number of nitrogen functional groups attached to an aromatic ring is 1.